The van der Waals surface area contributed by atoms with E-state index < -0.39 is 0 Å². The first-order valence-electron chi connectivity index (χ1n) is 9.16. The molecule has 0 aliphatic heterocycles. The maximum atomic E-state index is 10.8. The van der Waals surface area contributed by atoms with Crippen LogP contribution in [0.3, 0.4) is 0 Å². The Balaban J connectivity index is 0. The zero-order chi connectivity index (χ0) is 17.3. The van der Waals surface area contributed by atoms with E-state index in [1.54, 1.807) is 6.92 Å². The minimum Gasteiger partial charge on any atom is -0.400 e. The summed E-state index contributed by atoms with van der Waals surface area (Å²) in [6, 6.07) is 0. The van der Waals surface area contributed by atoms with Crippen LogP contribution >= 0.6 is 0 Å². The van der Waals surface area contributed by atoms with Gasteiger partial charge in [0.15, 0.2) is 0 Å². The number of carbonyl (C=O) groups is 1. The molecule has 3 nitrogen and oxygen atoms in total. The Kier molecular flexibility index (Phi) is 18.4. The maximum Gasteiger partial charge on any atom is 0.129 e. The summed E-state index contributed by atoms with van der Waals surface area (Å²) in [6.45, 7) is 3.00. The summed E-state index contributed by atoms with van der Waals surface area (Å²) in [6.07, 6.45) is 15.6. The average Bonchev–Trinajstić information content (AvgIpc) is 2.44. The van der Waals surface area contributed by atoms with E-state index in [4.69, 9.17) is 5.11 Å². The molecule has 0 radical (unpaired) electrons. The first kappa shape index (κ1) is 23.9. The molecule has 0 fully saturated rings. The van der Waals surface area contributed by atoms with Gasteiger partial charge in [-0.3, -0.25) is 0 Å². The number of ketones is 1. The summed E-state index contributed by atoms with van der Waals surface area (Å²) in [5.41, 5.74) is 0. The van der Waals surface area contributed by atoms with Crippen LogP contribution < -0.4 is 0 Å². The minimum atomic E-state index is 0.343. The van der Waals surface area contributed by atoms with Crippen LogP contribution in [0.2, 0.25) is 0 Å². The fourth-order valence-electron chi connectivity index (χ4n) is 2.55. The molecule has 0 rings (SSSR count). The lowest BCUT2D eigenvalue weighted by Gasteiger charge is -2.23. The highest BCUT2D eigenvalue weighted by atomic mass is 16.2. The van der Waals surface area contributed by atoms with Gasteiger partial charge in [-0.1, -0.05) is 51.4 Å². The third-order valence-electron chi connectivity index (χ3n) is 3.86. The van der Waals surface area contributed by atoms with Crippen LogP contribution in [-0.4, -0.2) is 50.2 Å². The molecule has 0 aromatic carbocycles. The molecule has 22 heavy (non-hydrogen) atoms. The molecule has 0 saturated heterocycles. The summed E-state index contributed by atoms with van der Waals surface area (Å²) in [7, 11) is 7.82. The van der Waals surface area contributed by atoms with Gasteiger partial charge in [0, 0.05) is 13.5 Å². The summed E-state index contributed by atoms with van der Waals surface area (Å²) in [5.74, 6) is 0.343. The third-order valence-corrected chi connectivity index (χ3v) is 3.86. The number of aliphatic hydroxyl groups is 1. The Morgan fingerprint density at radius 3 is 1.32 bits per heavy atom. The van der Waals surface area contributed by atoms with Gasteiger partial charge in [-0.05, 0) is 26.2 Å². The second kappa shape index (κ2) is 17.0. The van der Waals surface area contributed by atoms with E-state index in [2.05, 4.69) is 21.1 Å². The van der Waals surface area contributed by atoms with Gasteiger partial charge in [-0.15, -0.1) is 0 Å². The van der Waals surface area contributed by atoms with Gasteiger partial charge < -0.3 is 14.4 Å². The molecule has 0 aliphatic rings. The number of nitrogens with zero attached hydrogens (tertiary/aromatic N) is 1. The summed E-state index contributed by atoms with van der Waals surface area (Å²) in [4.78, 5) is 10.8. The van der Waals surface area contributed by atoms with Crippen molar-refractivity contribution in [2.75, 3.05) is 34.8 Å². The molecular weight excluding hydrogens is 274 g/mol. The zero-order valence-electron chi connectivity index (χ0n) is 16.0. The molecule has 0 saturated carbocycles. The molecule has 0 unspecified atom stereocenters. The van der Waals surface area contributed by atoms with Gasteiger partial charge in [0.1, 0.15) is 5.78 Å². The monoisotopic (exact) mass is 316 g/mol. The molecular formula is C19H42NO2+. The van der Waals surface area contributed by atoms with Crippen molar-refractivity contribution in [3.8, 4) is 0 Å². The summed E-state index contributed by atoms with van der Waals surface area (Å²) in [5, 5.41) is 7.00. The highest BCUT2D eigenvalue weighted by Crippen LogP contribution is 2.12. The van der Waals surface area contributed by atoms with E-state index in [1.165, 1.54) is 70.8 Å². The van der Waals surface area contributed by atoms with E-state index >= 15 is 0 Å². The predicted molar refractivity (Wildman–Crippen MR) is 97.1 cm³/mol. The van der Waals surface area contributed by atoms with Gasteiger partial charge in [0.2, 0.25) is 0 Å². The second-order valence-electron chi connectivity index (χ2n) is 7.36. The Hall–Kier alpha value is -0.410. The van der Waals surface area contributed by atoms with E-state index in [9.17, 15) is 4.79 Å². The van der Waals surface area contributed by atoms with Crippen molar-refractivity contribution in [1.29, 1.82) is 0 Å². The number of aliphatic hydroxyl groups excluding tert-OH is 1. The third kappa shape index (κ3) is 24.6. The van der Waals surface area contributed by atoms with Gasteiger partial charge >= 0.3 is 0 Å². The highest BCUT2D eigenvalue weighted by molar-refractivity contribution is 5.75. The van der Waals surface area contributed by atoms with Gasteiger partial charge in [0.25, 0.3) is 0 Å². The number of Topliss-reactive ketones (excluding diaryl/α,β-unsaturated/α-hetero) is 1. The number of carbonyl (C=O) groups excluding carboxylic acids is 1. The Labute approximate surface area is 139 Å². The van der Waals surface area contributed by atoms with Crippen LogP contribution in [-0.2, 0) is 4.79 Å². The minimum absolute atomic E-state index is 0.343. The van der Waals surface area contributed by atoms with E-state index in [0.717, 1.165) is 24.4 Å². The lowest BCUT2D eigenvalue weighted by Crippen LogP contribution is -2.35. The molecule has 0 heterocycles. The first-order valence-corrected chi connectivity index (χ1v) is 9.16. The van der Waals surface area contributed by atoms with Crippen LogP contribution in [0, 0.1) is 0 Å². The number of hydrogen-bond donors (Lipinski definition) is 1. The second-order valence-corrected chi connectivity index (χ2v) is 7.36. The van der Waals surface area contributed by atoms with Crippen molar-refractivity contribution in [3.05, 3.63) is 0 Å². The van der Waals surface area contributed by atoms with Crippen molar-refractivity contribution < 1.29 is 14.4 Å². The Morgan fingerprint density at radius 1 is 0.682 bits per heavy atom. The molecule has 0 aliphatic carbocycles. The van der Waals surface area contributed by atoms with Crippen molar-refractivity contribution in [2.24, 2.45) is 0 Å². The number of unbranched alkanes of at least 4 members (excludes halogenated alkanes) is 10. The molecule has 0 aromatic heterocycles. The lowest BCUT2D eigenvalue weighted by atomic mass is 10.0. The maximum absolute atomic E-state index is 10.8. The van der Waals surface area contributed by atoms with Crippen LogP contribution in [0.4, 0.5) is 0 Å². The fourth-order valence-corrected chi connectivity index (χ4v) is 2.55. The molecule has 3 heteroatoms. The zero-order valence-corrected chi connectivity index (χ0v) is 16.0. The van der Waals surface area contributed by atoms with Crippen molar-refractivity contribution in [2.45, 2.75) is 84.0 Å². The number of rotatable bonds is 14. The van der Waals surface area contributed by atoms with E-state index in [1.807, 2.05) is 0 Å². The molecule has 0 bridgehead atoms. The van der Waals surface area contributed by atoms with Gasteiger partial charge in [-0.25, -0.2) is 0 Å². The molecule has 134 valence electrons. The van der Waals surface area contributed by atoms with Crippen LogP contribution in [0.5, 0.6) is 0 Å². The largest absolute Gasteiger partial charge is 0.400 e. The molecule has 1 N–H and O–H groups in total. The highest BCUT2D eigenvalue weighted by Gasteiger charge is 2.04. The van der Waals surface area contributed by atoms with Crippen LogP contribution in [0.1, 0.15) is 84.0 Å². The standard InChI is InChI=1S/C18H38NO.CH4O/c1-18(20)16-14-12-10-8-6-5-7-9-11-13-15-17-19(2,3)4;1-2/h5-17H2,1-4H3;2H,1H3/q+1;. The molecule has 0 spiro atoms. The SMILES string of the molecule is CC(=O)CCCCCCCCCCCCC[N+](C)(C)C.CO. The van der Waals surface area contributed by atoms with Crippen molar-refractivity contribution >= 4 is 5.78 Å². The average molecular weight is 317 g/mol. The van der Waals surface area contributed by atoms with Gasteiger partial charge in [-0.2, -0.15) is 0 Å². The lowest BCUT2D eigenvalue weighted by molar-refractivity contribution is -0.870. The smallest absolute Gasteiger partial charge is 0.129 e. The first-order chi connectivity index (χ1) is 10.4. The molecule has 0 amide bonds. The van der Waals surface area contributed by atoms with Crippen molar-refractivity contribution in [1.82, 2.24) is 0 Å². The number of hydrogen-bond acceptors (Lipinski definition) is 2. The van der Waals surface area contributed by atoms with Crippen LogP contribution in [0.25, 0.3) is 0 Å². The predicted octanol–water partition coefficient (Wildman–Crippen LogP) is 4.57. The summed E-state index contributed by atoms with van der Waals surface area (Å²) < 4.78 is 1.10. The quantitative estimate of drug-likeness (QED) is 0.376. The Bertz CT molecular complexity index is 234. The Morgan fingerprint density at radius 2 is 1.00 bits per heavy atom. The molecule has 0 aromatic rings. The summed E-state index contributed by atoms with van der Waals surface area (Å²) >= 11 is 0. The number of quaternary nitrogens is 1. The fraction of sp³-hybridized carbons (Fsp3) is 0.947. The molecule has 0 atom stereocenters. The van der Waals surface area contributed by atoms with Crippen molar-refractivity contribution in [3.63, 3.8) is 0 Å². The topological polar surface area (TPSA) is 37.3 Å². The van der Waals surface area contributed by atoms with E-state index in [0.29, 0.717) is 5.78 Å². The van der Waals surface area contributed by atoms with E-state index in [-0.39, 0.29) is 0 Å². The van der Waals surface area contributed by atoms with Gasteiger partial charge in [0.05, 0.1) is 27.7 Å². The normalized spacial score (nSPS) is 11.0. The van der Waals surface area contributed by atoms with Crippen LogP contribution in [0.15, 0.2) is 0 Å².